The molecule has 0 aliphatic heterocycles. The summed E-state index contributed by atoms with van der Waals surface area (Å²) in [5.74, 6) is 0.642. The number of halogens is 1. The quantitative estimate of drug-likeness (QED) is 0.437. The van der Waals surface area contributed by atoms with Gasteiger partial charge in [-0.25, -0.2) is 4.79 Å². The second kappa shape index (κ2) is 9.03. The van der Waals surface area contributed by atoms with Gasteiger partial charge >= 0.3 is 5.97 Å². The maximum Gasteiger partial charge on any atom is 0.350 e. The second-order valence-corrected chi connectivity index (χ2v) is 10.6. The third kappa shape index (κ3) is 4.72. The van der Waals surface area contributed by atoms with Gasteiger partial charge in [0, 0.05) is 24.8 Å². The van der Waals surface area contributed by atoms with Crippen molar-refractivity contribution in [3.63, 3.8) is 0 Å². The Bertz CT molecular complexity index is 714. The first-order valence-corrected chi connectivity index (χ1v) is 11.5. The van der Waals surface area contributed by atoms with E-state index in [4.69, 9.17) is 4.74 Å². The summed E-state index contributed by atoms with van der Waals surface area (Å²) in [5.41, 5.74) is 0.666. The molecule has 2 fully saturated rings. The Hall–Kier alpha value is -0.960. The van der Waals surface area contributed by atoms with Gasteiger partial charge in [0.2, 0.25) is 5.91 Å². The average molecular weight is 503 g/mol. The van der Waals surface area contributed by atoms with Crippen LogP contribution >= 0.6 is 33.9 Å². The number of Topliss-reactive ketones (excluding diaryl/α,β-unsaturated/α-hetero) is 1. The molecule has 0 bridgehead atoms. The number of ketones is 1. The number of hydrogen-bond donors (Lipinski definition) is 0. The molecular formula is C20H26INO4S. The summed E-state index contributed by atoms with van der Waals surface area (Å²) in [5, 5.41) is 0. The van der Waals surface area contributed by atoms with Crippen molar-refractivity contribution in [1.29, 1.82) is 0 Å². The van der Waals surface area contributed by atoms with Crippen LogP contribution in [0.5, 0.6) is 0 Å². The van der Waals surface area contributed by atoms with Crippen molar-refractivity contribution in [3.05, 3.63) is 13.8 Å². The summed E-state index contributed by atoms with van der Waals surface area (Å²) in [6, 6.07) is 1.89. The number of carbonyl (C=O) groups excluding carboxylic acids is 3. The molecule has 1 amide bonds. The molecule has 1 aromatic rings. The van der Waals surface area contributed by atoms with E-state index in [-0.39, 0.29) is 23.7 Å². The van der Waals surface area contributed by atoms with Crippen LogP contribution in [0.1, 0.15) is 68.0 Å². The summed E-state index contributed by atoms with van der Waals surface area (Å²) in [6.07, 6.45) is 6.28. The van der Waals surface area contributed by atoms with Gasteiger partial charge in [0.05, 0.1) is 15.7 Å². The molecule has 5 nitrogen and oxygen atoms in total. The molecule has 7 heteroatoms. The highest BCUT2D eigenvalue weighted by atomic mass is 127. The lowest BCUT2D eigenvalue weighted by atomic mass is 9.81. The van der Waals surface area contributed by atoms with Gasteiger partial charge in [-0.15, -0.1) is 11.3 Å². The van der Waals surface area contributed by atoms with Gasteiger partial charge in [0.15, 0.2) is 0 Å². The Labute approximate surface area is 178 Å². The molecule has 1 aromatic heterocycles. The van der Waals surface area contributed by atoms with E-state index in [0.29, 0.717) is 42.2 Å². The van der Waals surface area contributed by atoms with Gasteiger partial charge < -0.3 is 9.64 Å². The highest BCUT2D eigenvalue weighted by Crippen LogP contribution is 2.39. The van der Waals surface area contributed by atoms with Crippen molar-refractivity contribution >= 4 is 57.3 Å². The SMILES string of the molecule is COC(=O)c1sc(I)cc1N(C(=O)C1CCC(C)CC1)C1CCC(=O)CC1. The van der Waals surface area contributed by atoms with Crippen LogP contribution < -0.4 is 4.90 Å². The first-order chi connectivity index (χ1) is 12.9. The van der Waals surface area contributed by atoms with Crippen molar-refractivity contribution in [2.24, 2.45) is 11.8 Å². The number of methoxy groups -OCH3 is 1. The molecule has 3 rings (SSSR count). The lowest BCUT2D eigenvalue weighted by molar-refractivity contribution is -0.125. The standard InChI is InChI=1S/C20H26INO4S/c1-12-3-5-13(6-4-12)19(24)22(14-7-9-15(23)10-8-14)16-11-17(21)27-18(16)20(25)26-2/h11-14H,3-10H2,1-2H3. The number of carbonyl (C=O) groups is 3. The van der Waals surface area contributed by atoms with Crippen LogP contribution in [-0.2, 0) is 14.3 Å². The van der Waals surface area contributed by atoms with Gasteiger partial charge in [0.25, 0.3) is 0 Å². The third-order valence-electron chi connectivity index (χ3n) is 5.79. The molecule has 1 heterocycles. The Balaban J connectivity index is 1.94. The van der Waals surface area contributed by atoms with E-state index in [1.807, 2.05) is 11.0 Å². The van der Waals surface area contributed by atoms with Crippen molar-refractivity contribution in [3.8, 4) is 0 Å². The topological polar surface area (TPSA) is 63.7 Å². The van der Waals surface area contributed by atoms with Crippen molar-refractivity contribution in [2.45, 2.75) is 64.3 Å². The summed E-state index contributed by atoms with van der Waals surface area (Å²) >= 11 is 3.54. The van der Waals surface area contributed by atoms with Crippen LogP contribution in [0.3, 0.4) is 0 Å². The van der Waals surface area contributed by atoms with Crippen LogP contribution in [0.2, 0.25) is 0 Å². The largest absolute Gasteiger partial charge is 0.465 e. The Kier molecular flexibility index (Phi) is 6.94. The van der Waals surface area contributed by atoms with Crippen molar-refractivity contribution in [1.82, 2.24) is 0 Å². The Morgan fingerprint density at radius 1 is 1.15 bits per heavy atom. The molecule has 0 saturated heterocycles. The summed E-state index contributed by atoms with van der Waals surface area (Å²) in [7, 11) is 1.37. The molecule has 0 aromatic carbocycles. The van der Waals surface area contributed by atoms with Gasteiger partial charge in [-0.2, -0.15) is 0 Å². The monoisotopic (exact) mass is 503 g/mol. The van der Waals surface area contributed by atoms with Gasteiger partial charge in [-0.3, -0.25) is 9.59 Å². The van der Waals surface area contributed by atoms with Gasteiger partial charge in [-0.1, -0.05) is 6.92 Å². The molecule has 0 atom stereocenters. The minimum absolute atomic E-state index is 0.00175. The number of ether oxygens (including phenoxy) is 1. The summed E-state index contributed by atoms with van der Waals surface area (Å²) in [4.78, 5) is 39.9. The highest BCUT2D eigenvalue weighted by Gasteiger charge is 2.37. The number of nitrogens with zero attached hydrogens (tertiary/aromatic N) is 1. The molecule has 2 aliphatic rings. The molecule has 0 radical (unpaired) electrons. The van der Waals surface area contributed by atoms with Crippen LogP contribution in [0.25, 0.3) is 0 Å². The molecule has 0 spiro atoms. The average Bonchev–Trinajstić information content (AvgIpc) is 3.04. The van der Waals surface area contributed by atoms with Gasteiger partial charge in [-0.05, 0) is 73.1 Å². The zero-order valence-electron chi connectivity index (χ0n) is 15.8. The first kappa shape index (κ1) is 20.8. The minimum Gasteiger partial charge on any atom is -0.465 e. The van der Waals surface area contributed by atoms with Crippen LogP contribution in [0, 0.1) is 14.7 Å². The van der Waals surface area contributed by atoms with Crippen molar-refractivity contribution in [2.75, 3.05) is 12.0 Å². The maximum atomic E-state index is 13.5. The minimum atomic E-state index is -0.403. The fraction of sp³-hybridized carbons (Fsp3) is 0.650. The fourth-order valence-corrected chi connectivity index (χ4v) is 5.90. The van der Waals surface area contributed by atoms with E-state index < -0.39 is 5.97 Å². The Morgan fingerprint density at radius 2 is 1.78 bits per heavy atom. The summed E-state index contributed by atoms with van der Waals surface area (Å²) < 4.78 is 5.91. The van der Waals surface area contributed by atoms with E-state index in [2.05, 4.69) is 29.5 Å². The lowest BCUT2D eigenvalue weighted by Crippen LogP contribution is -2.46. The van der Waals surface area contributed by atoms with Crippen molar-refractivity contribution < 1.29 is 19.1 Å². The number of anilines is 1. The number of rotatable bonds is 4. The van der Waals surface area contributed by atoms with E-state index in [1.54, 1.807) is 0 Å². The summed E-state index contributed by atoms with van der Waals surface area (Å²) in [6.45, 7) is 2.24. The van der Waals surface area contributed by atoms with E-state index in [0.717, 1.165) is 28.6 Å². The van der Waals surface area contributed by atoms with Crippen LogP contribution in [0.4, 0.5) is 5.69 Å². The number of esters is 1. The lowest BCUT2D eigenvalue weighted by Gasteiger charge is -2.37. The highest BCUT2D eigenvalue weighted by molar-refractivity contribution is 14.1. The second-order valence-electron chi connectivity index (χ2n) is 7.69. The zero-order chi connectivity index (χ0) is 19.6. The molecule has 0 N–H and O–H groups in total. The first-order valence-electron chi connectivity index (χ1n) is 9.63. The third-order valence-corrected chi connectivity index (χ3v) is 7.66. The zero-order valence-corrected chi connectivity index (χ0v) is 18.8. The Morgan fingerprint density at radius 3 is 2.37 bits per heavy atom. The maximum absolute atomic E-state index is 13.5. The molecule has 2 aliphatic carbocycles. The predicted octanol–water partition coefficient (Wildman–Crippen LogP) is 4.81. The van der Waals surface area contributed by atoms with E-state index in [1.165, 1.54) is 18.4 Å². The molecular weight excluding hydrogens is 477 g/mol. The number of amides is 1. The van der Waals surface area contributed by atoms with Gasteiger partial charge in [0.1, 0.15) is 10.7 Å². The normalized spacial score (nSPS) is 23.9. The smallest absolute Gasteiger partial charge is 0.350 e. The van der Waals surface area contributed by atoms with E-state index in [9.17, 15) is 14.4 Å². The molecule has 0 unspecified atom stereocenters. The van der Waals surface area contributed by atoms with E-state index >= 15 is 0 Å². The molecule has 2 saturated carbocycles. The van der Waals surface area contributed by atoms with Crippen LogP contribution in [-0.4, -0.2) is 30.8 Å². The number of hydrogen-bond acceptors (Lipinski definition) is 5. The predicted molar refractivity (Wildman–Crippen MR) is 114 cm³/mol. The van der Waals surface area contributed by atoms with Crippen LogP contribution in [0.15, 0.2) is 6.07 Å². The fourth-order valence-electron chi connectivity index (χ4n) is 4.15. The molecule has 27 heavy (non-hydrogen) atoms. The molecule has 148 valence electrons. The number of thiophene rings is 1.